The second-order valence-corrected chi connectivity index (χ2v) is 6.11. The molecule has 2 aromatic rings. The average molecular weight is 303 g/mol. The van der Waals surface area contributed by atoms with Crippen molar-refractivity contribution in [2.75, 3.05) is 6.61 Å². The topological polar surface area (TPSA) is 48.1 Å². The number of aryl methyl sites for hydroxylation is 2. The van der Waals surface area contributed by atoms with E-state index in [1.165, 1.54) is 5.56 Å². The number of ether oxygens (including phenoxy) is 1. The van der Waals surface area contributed by atoms with Crippen molar-refractivity contribution < 1.29 is 4.74 Å². The first kappa shape index (κ1) is 14.4. The van der Waals surface area contributed by atoms with E-state index in [2.05, 4.69) is 11.1 Å². The van der Waals surface area contributed by atoms with Crippen LogP contribution in [0.15, 0.2) is 24.4 Å². The Morgan fingerprint density at radius 1 is 1.33 bits per heavy atom. The molecule has 1 aromatic carbocycles. The molecule has 1 unspecified atom stereocenters. The minimum absolute atomic E-state index is 0.155. The average Bonchev–Trinajstić information content (AvgIpc) is 2.86. The Labute approximate surface area is 130 Å². The summed E-state index contributed by atoms with van der Waals surface area (Å²) in [5.41, 5.74) is 11.8. The van der Waals surface area contributed by atoms with Crippen LogP contribution in [0, 0.1) is 13.8 Å². The Kier molecular flexibility index (Phi) is 3.87. The Bertz CT molecular complexity index is 685. The molecule has 110 valence electrons. The zero-order valence-electron chi connectivity index (χ0n) is 12.3. The number of nitrogens with zero attached hydrogens (tertiary/aromatic N) is 1. The van der Waals surface area contributed by atoms with Crippen molar-refractivity contribution in [1.29, 1.82) is 0 Å². The summed E-state index contributed by atoms with van der Waals surface area (Å²) in [6.45, 7) is 4.81. The highest BCUT2D eigenvalue weighted by Crippen LogP contribution is 2.35. The van der Waals surface area contributed by atoms with Crippen LogP contribution >= 0.6 is 11.6 Å². The van der Waals surface area contributed by atoms with Crippen molar-refractivity contribution in [2.24, 2.45) is 5.73 Å². The predicted octanol–water partition coefficient (Wildman–Crippen LogP) is 3.53. The molecule has 0 bridgehead atoms. The minimum atomic E-state index is -0.155. The van der Waals surface area contributed by atoms with Crippen LogP contribution in [0.3, 0.4) is 0 Å². The van der Waals surface area contributed by atoms with E-state index < -0.39 is 0 Å². The van der Waals surface area contributed by atoms with Crippen LogP contribution in [0.2, 0.25) is 5.02 Å². The zero-order chi connectivity index (χ0) is 15.0. The number of benzene rings is 1. The number of rotatable bonds is 3. The fourth-order valence-corrected chi connectivity index (χ4v) is 3.21. The van der Waals surface area contributed by atoms with Crippen LogP contribution in [0.4, 0.5) is 0 Å². The maximum absolute atomic E-state index is 6.36. The van der Waals surface area contributed by atoms with Gasteiger partial charge in [0.2, 0.25) is 0 Å². The number of hydrogen-bond acceptors (Lipinski definition) is 3. The molecule has 0 saturated heterocycles. The normalized spacial score (nSPS) is 14.7. The first-order valence-corrected chi connectivity index (χ1v) is 7.55. The lowest BCUT2D eigenvalue weighted by Crippen LogP contribution is -2.17. The van der Waals surface area contributed by atoms with Crippen molar-refractivity contribution in [3.8, 4) is 5.75 Å². The fraction of sp³-hybridized carbons (Fsp3) is 0.353. The molecule has 1 aromatic heterocycles. The fourth-order valence-electron chi connectivity index (χ4n) is 2.95. The standard InChI is InChI=1S/C17H19ClN2O/c1-10-5-11(2)16(20-9-10)15(19)8-13-7-14(18)6-12-3-4-21-17(12)13/h5-7,9,15H,3-4,8,19H2,1-2H3. The molecule has 0 fully saturated rings. The number of nitrogens with two attached hydrogens (primary N) is 1. The summed E-state index contributed by atoms with van der Waals surface area (Å²) in [7, 11) is 0. The second kappa shape index (κ2) is 5.66. The summed E-state index contributed by atoms with van der Waals surface area (Å²) >= 11 is 6.20. The van der Waals surface area contributed by atoms with Crippen LogP contribution < -0.4 is 10.5 Å². The van der Waals surface area contributed by atoms with Gasteiger partial charge in [0.15, 0.2) is 0 Å². The summed E-state index contributed by atoms with van der Waals surface area (Å²) in [6.07, 6.45) is 3.46. The van der Waals surface area contributed by atoms with E-state index in [1.54, 1.807) is 0 Å². The monoisotopic (exact) mass is 302 g/mol. The van der Waals surface area contributed by atoms with Gasteiger partial charge < -0.3 is 10.5 Å². The van der Waals surface area contributed by atoms with E-state index in [1.807, 2.05) is 32.2 Å². The number of pyridine rings is 1. The van der Waals surface area contributed by atoms with Crippen LogP contribution in [0.25, 0.3) is 0 Å². The highest BCUT2D eigenvalue weighted by atomic mass is 35.5. The predicted molar refractivity (Wildman–Crippen MR) is 85.0 cm³/mol. The lowest BCUT2D eigenvalue weighted by Gasteiger charge is -2.16. The van der Waals surface area contributed by atoms with E-state index in [0.717, 1.165) is 46.2 Å². The van der Waals surface area contributed by atoms with Crippen molar-refractivity contribution in [3.05, 3.63) is 57.4 Å². The number of hydrogen-bond donors (Lipinski definition) is 1. The van der Waals surface area contributed by atoms with Crippen molar-refractivity contribution in [3.63, 3.8) is 0 Å². The van der Waals surface area contributed by atoms with Crippen LogP contribution in [-0.4, -0.2) is 11.6 Å². The molecular weight excluding hydrogens is 284 g/mol. The molecule has 3 nitrogen and oxygen atoms in total. The maximum atomic E-state index is 6.36. The molecule has 0 aliphatic carbocycles. The lowest BCUT2D eigenvalue weighted by molar-refractivity contribution is 0.352. The highest BCUT2D eigenvalue weighted by Gasteiger charge is 2.20. The summed E-state index contributed by atoms with van der Waals surface area (Å²) in [6, 6.07) is 5.89. The number of fused-ring (bicyclic) bond motifs is 1. The van der Waals surface area contributed by atoms with Crippen LogP contribution in [0.1, 0.15) is 34.0 Å². The van der Waals surface area contributed by atoms with Gasteiger partial charge in [-0.1, -0.05) is 17.7 Å². The Morgan fingerprint density at radius 3 is 2.90 bits per heavy atom. The van der Waals surface area contributed by atoms with E-state index in [9.17, 15) is 0 Å². The molecule has 1 aliphatic heterocycles. The summed E-state index contributed by atoms with van der Waals surface area (Å²) in [5, 5.41) is 0.745. The summed E-state index contributed by atoms with van der Waals surface area (Å²) in [4.78, 5) is 4.49. The Hall–Kier alpha value is -1.58. The first-order valence-electron chi connectivity index (χ1n) is 7.17. The molecule has 21 heavy (non-hydrogen) atoms. The summed E-state index contributed by atoms with van der Waals surface area (Å²) < 4.78 is 5.74. The van der Waals surface area contributed by atoms with Gasteiger partial charge in [-0.15, -0.1) is 0 Å². The molecule has 0 radical (unpaired) electrons. The minimum Gasteiger partial charge on any atom is -0.493 e. The van der Waals surface area contributed by atoms with Crippen molar-refractivity contribution in [1.82, 2.24) is 4.98 Å². The largest absolute Gasteiger partial charge is 0.493 e. The van der Waals surface area contributed by atoms with E-state index in [-0.39, 0.29) is 6.04 Å². The molecule has 2 N–H and O–H groups in total. The molecule has 0 amide bonds. The van der Waals surface area contributed by atoms with Crippen molar-refractivity contribution in [2.45, 2.75) is 32.7 Å². The molecular formula is C17H19ClN2O. The molecule has 3 rings (SSSR count). The van der Waals surface area contributed by atoms with E-state index in [4.69, 9.17) is 22.1 Å². The third-order valence-electron chi connectivity index (χ3n) is 3.87. The maximum Gasteiger partial charge on any atom is 0.125 e. The van der Waals surface area contributed by atoms with Crippen molar-refractivity contribution >= 4 is 11.6 Å². The van der Waals surface area contributed by atoms with Gasteiger partial charge in [0.25, 0.3) is 0 Å². The van der Waals surface area contributed by atoms with Gasteiger partial charge in [-0.05, 0) is 54.7 Å². The number of aromatic nitrogens is 1. The van der Waals surface area contributed by atoms with Gasteiger partial charge >= 0.3 is 0 Å². The van der Waals surface area contributed by atoms with E-state index >= 15 is 0 Å². The third kappa shape index (κ3) is 2.89. The molecule has 1 aliphatic rings. The molecule has 1 atom stereocenters. The SMILES string of the molecule is Cc1cnc(C(N)Cc2cc(Cl)cc3c2OCC3)c(C)c1. The smallest absolute Gasteiger partial charge is 0.125 e. The quantitative estimate of drug-likeness (QED) is 0.943. The summed E-state index contributed by atoms with van der Waals surface area (Å²) in [5.74, 6) is 0.958. The molecule has 4 heteroatoms. The lowest BCUT2D eigenvalue weighted by atomic mass is 9.98. The van der Waals surface area contributed by atoms with Gasteiger partial charge in [-0.25, -0.2) is 0 Å². The molecule has 2 heterocycles. The van der Waals surface area contributed by atoms with Gasteiger partial charge in [0.05, 0.1) is 18.3 Å². The van der Waals surface area contributed by atoms with Crippen LogP contribution in [-0.2, 0) is 12.8 Å². The number of halogens is 1. The van der Waals surface area contributed by atoms with Gasteiger partial charge in [-0.2, -0.15) is 0 Å². The zero-order valence-corrected chi connectivity index (χ0v) is 13.1. The second-order valence-electron chi connectivity index (χ2n) is 5.68. The Balaban J connectivity index is 1.90. The van der Waals surface area contributed by atoms with Gasteiger partial charge in [0.1, 0.15) is 5.75 Å². The van der Waals surface area contributed by atoms with Crippen LogP contribution in [0.5, 0.6) is 5.75 Å². The van der Waals surface area contributed by atoms with Gasteiger partial charge in [0, 0.05) is 17.6 Å². The molecule has 0 spiro atoms. The van der Waals surface area contributed by atoms with Gasteiger partial charge in [-0.3, -0.25) is 4.98 Å². The Morgan fingerprint density at radius 2 is 2.14 bits per heavy atom. The highest BCUT2D eigenvalue weighted by molar-refractivity contribution is 6.30. The van der Waals surface area contributed by atoms with E-state index in [0.29, 0.717) is 6.42 Å². The molecule has 0 saturated carbocycles. The first-order chi connectivity index (χ1) is 10.0. The third-order valence-corrected chi connectivity index (χ3v) is 4.09.